The van der Waals surface area contributed by atoms with E-state index in [0.29, 0.717) is 34.4 Å². The maximum atomic E-state index is 13.1. The number of benzene rings is 1. The predicted octanol–water partition coefficient (Wildman–Crippen LogP) is 2.97. The van der Waals surface area contributed by atoms with Crippen LogP contribution in [0.3, 0.4) is 0 Å². The number of pyridine rings is 1. The Balaban J connectivity index is 1.61. The lowest BCUT2D eigenvalue weighted by Gasteiger charge is -2.28. The molecule has 1 aromatic carbocycles. The second-order valence-corrected chi connectivity index (χ2v) is 8.08. The van der Waals surface area contributed by atoms with Crippen molar-refractivity contribution >= 4 is 40.1 Å². The van der Waals surface area contributed by atoms with Gasteiger partial charge >= 0.3 is 0 Å². The van der Waals surface area contributed by atoms with Gasteiger partial charge in [-0.2, -0.15) is 4.98 Å². The number of fused-ring (bicyclic) bond motifs is 1. The number of piperazine rings is 1. The number of hydrogen-bond acceptors (Lipinski definition) is 7. The van der Waals surface area contributed by atoms with Crippen LogP contribution in [0.25, 0.3) is 16.9 Å². The molecule has 1 saturated heterocycles. The Morgan fingerprint density at radius 2 is 1.85 bits per heavy atom. The van der Waals surface area contributed by atoms with Gasteiger partial charge in [0.05, 0.1) is 6.54 Å². The molecule has 4 aromatic rings. The van der Waals surface area contributed by atoms with Gasteiger partial charge in [0.15, 0.2) is 11.5 Å². The van der Waals surface area contributed by atoms with E-state index in [-0.39, 0.29) is 5.56 Å². The standard InChI is InChI=1S/C23H23ClN8O/c1-2-12-31-22(33)18-15-26-23(27-17-8-6-16(24)7-9-17)29-21(18)32(31)20-5-3-4-19(28-20)30-13-10-25-11-14-30/h2-9,15,25H,1,10-14H2,(H,26,27,29). The van der Waals surface area contributed by atoms with Gasteiger partial charge in [0.1, 0.15) is 11.2 Å². The maximum absolute atomic E-state index is 13.1. The van der Waals surface area contributed by atoms with E-state index in [1.807, 2.05) is 30.3 Å². The number of nitrogens with zero attached hydrogens (tertiary/aromatic N) is 6. The Morgan fingerprint density at radius 3 is 2.61 bits per heavy atom. The Kier molecular flexibility index (Phi) is 5.80. The molecular weight excluding hydrogens is 440 g/mol. The SMILES string of the molecule is C=CCn1c(=O)c2cnc(Nc3ccc(Cl)cc3)nc2n1-c1cccc(N2CCNCC2)n1. The summed E-state index contributed by atoms with van der Waals surface area (Å²) in [6.07, 6.45) is 3.22. The first-order chi connectivity index (χ1) is 16.1. The number of anilines is 3. The minimum Gasteiger partial charge on any atom is -0.354 e. The van der Waals surface area contributed by atoms with Crippen molar-refractivity contribution in [2.24, 2.45) is 0 Å². The summed E-state index contributed by atoms with van der Waals surface area (Å²) in [6.45, 7) is 7.69. The molecule has 0 unspecified atom stereocenters. The number of aromatic nitrogens is 5. The first-order valence-electron chi connectivity index (χ1n) is 10.7. The molecule has 4 heterocycles. The van der Waals surface area contributed by atoms with Gasteiger partial charge in [-0.25, -0.2) is 19.3 Å². The molecular formula is C23H23ClN8O. The summed E-state index contributed by atoms with van der Waals surface area (Å²) >= 11 is 5.98. The van der Waals surface area contributed by atoms with E-state index in [9.17, 15) is 4.79 Å². The van der Waals surface area contributed by atoms with Gasteiger partial charge in [-0.05, 0) is 36.4 Å². The molecule has 1 aliphatic heterocycles. The molecule has 1 fully saturated rings. The quantitative estimate of drug-likeness (QED) is 0.425. The van der Waals surface area contributed by atoms with Gasteiger partial charge < -0.3 is 15.5 Å². The lowest BCUT2D eigenvalue weighted by atomic mass is 10.3. The van der Waals surface area contributed by atoms with Gasteiger partial charge in [-0.1, -0.05) is 23.7 Å². The fraction of sp³-hybridized carbons (Fsp3) is 0.217. The fourth-order valence-electron chi connectivity index (χ4n) is 3.87. The van der Waals surface area contributed by atoms with Gasteiger partial charge in [-0.15, -0.1) is 6.58 Å². The van der Waals surface area contributed by atoms with E-state index in [4.69, 9.17) is 16.6 Å². The molecule has 0 amide bonds. The van der Waals surface area contributed by atoms with E-state index < -0.39 is 0 Å². The number of rotatable bonds is 6. The zero-order valence-electron chi connectivity index (χ0n) is 17.9. The summed E-state index contributed by atoms with van der Waals surface area (Å²) in [4.78, 5) is 29.2. The van der Waals surface area contributed by atoms with Crippen LogP contribution in [-0.4, -0.2) is 50.5 Å². The van der Waals surface area contributed by atoms with Crippen molar-refractivity contribution in [3.8, 4) is 5.82 Å². The van der Waals surface area contributed by atoms with Crippen molar-refractivity contribution in [1.82, 2.24) is 29.6 Å². The average Bonchev–Trinajstić information content (AvgIpc) is 3.12. The topological polar surface area (TPSA) is 92.9 Å². The molecule has 0 atom stereocenters. The van der Waals surface area contributed by atoms with E-state index in [0.717, 1.165) is 37.7 Å². The van der Waals surface area contributed by atoms with Crippen molar-refractivity contribution in [2.75, 3.05) is 36.4 Å². The third-order valence-electron chi connectivity index (χ3n) is 5.46. The van der Waals surface area contributed by atoms with Crippen LogP contribution in [0, 0.1) is 0 Å². The van der Waals surface area contributed by atoms with Crippen LogP contribution in [0.15, 0.2) is 66.1 Å². The Bertz CT molecular complexity index is 1360. The van der Waals surface area contributed by atoms with E-state index in [1.165, 1.54) is 0 Å². The molecule has 0 spiro atoms. The number of halogens is 1. The highest BCUT2D eigenvalue weighted by Crippen LogP contribution is 2.21. The zero-order valence-corrected chi connectivity index (χ0v) is 18.7. The van der Waals surface area contributed by atoms with Crippen LogP contribution in [-0.2, 0) is 6.54 Å². The monoisotopic (exact) mass is 462 g/mol. The predicted molar refractivity (Wildman–Crippen MR) is 131 cm³/mol. The van der Waals surface area contributed by atoms with Gasteiger partial charge in [0.2, 0.25) is 5.95 Å². The molecule has 2 N–H and O–H groups in total. The van der Waals surface area contributed by atoms with Crippen molar-refractivity contribution in [2.45, 2.75) is 6.54 Å². The molecule has 3 aromatic heterocycles. The lowest BCUT2D eigenvalue weighted by Crippen LogP contribution is -2.44. The summed E-state index contributed by atoms with van der Waals surface area (Å²) in [7, 11) is 0. The van der Waals surface area contributed by atoms with Crippen molar-refractivity contribution < 1.29 is 0 Å². The summed E-state index contributed by atoms with van der Waals surface area (Å²) in [6, 6.07) is 13.0. The molecule has 0 aliphatic carbocycles. The molecule has 33 heavy (non-hydrogen) atoms. The van der Waals surface area contributed by atoms with E-state index in [1.54, 1.807) is 33.8 Å². The van der Waals surface area contributed by atoms with E-state index in [2.05, 4.69) is 32.1 Å². The number of hydrogen-bond donors (Lipinski definition) is 2. The van der Waals surface area contributed by atoms with Crippen LogP contribution >= 0.6 is 11.6 Å². The largest absolute Gasteiger partial charge is 0.354 e. The second kappa shape index (κ2) is 9.05. The molecule has 9 nitrogen and oxygen atoms in total. The number of nitrogens with one attached hydrogen (secondary N) is 2. The minimum atomic E-state index is -0.197. The Labute approximate surface area is 195 Å². The highest BCUT2D eigenvalue weighted by molar-refractivity contribution is 6.30. The third kappa shape index (κ3) is 4.20. The fourth-order valence-corrected chi connectivity index (χ4v) is 4.00. The second-order valence-electron chi connectivity index (χ2n) is 7.64. The lowest BCUT2D eigenvalue weighted by molar-refractivity contribution is 0.578. The maximum Gasteiger partial charge on any atom is 0.278 e. The molecule has 1 aliphatic rings. The zero-order chi connectivity index (χ0) is 22.8. The normalized spacial score (nSPS) is 13.9. The summed E-state index contributed by atoms with van der Waals surface area (Å²) in [5.74, 6) is 1.84. The van der Waals surface area contributed by atoms with Crippen LogP contribution in [0.2, 0.25) is 5.02 Å². The molecule has 0 bridgehead atoms. The minimum absolute atomic E-state index is 0.197. The molecule has 0 radical (unpaired) electrons. The van der Waals surface area contributed by atoms with Crippen molar-refractivity contribution in [1.29, 1.82) is 0 Å². The summed E-state index contributed by atoms with van der Waals surface area (Å²) in [5, 5.41) is 7.57. The highest BCUT2D eigenvalue weighted by Gasteiger charge is 2.19. The molecule has 0 saturated carbocycles. The van der Waals surface area contributed by atoms with Gasteiger partial charge in [-0.3, -0.25) is 4.79 Å². The Morgan fingerprint density at radius 1 is 1.09 bits per heavy atom. The number of allylic oxidation sites excluding steroid dienone is 1. The van der Waals surface area contributed by atoms with Crippen LogP contribution in [0.4, 0.5) is 17.5 Å². The molecule has 10 heteroatoms. The molecule has 5 rings (SSSR count). The van der Waals surface area contributed by atoms with Crippen molar-refractivity contribution in [3.05, 3.63) is 76.7 Å². The summed E-state index contributed by atoms with van der Waals surface area (Å²) < 4.78 is 3.31. The van der Waals surface area contributed by atoms with Gasteiger partial charge in [0, 0.05) is 43.1 Å². The van der Waals surface area contributed by atoms with Crippen LogP contribution in [0.1, 0.15) is 0 Å². The molecule has 168 valence electrons. The Hall–Kier alpha value is -3.69. The first-order valence-corrected chi connectivity index (χ1v) is 11.1. The first kappa shape index (κ1) is 21.2. The highest BCUT2D eigenvalue weighted by atomic mass is 35.5. The smallest absolute Gasteiger partial charge is 0.278 e. The van der Waals surface area contributed by atoms with E-state index >= 15 is 0 Å². The van der Waals surface area contributed by atoms with Crippen LogP contribution in [0.5, 0.6) is 0 Å². The van der Waals surface area contributed by atoms with Crippen LogP contribution < -0.4 is 21.1 Å². The average molecular weight is 463 g/mol. The summed E-state index contributed by atoms with van der Waals surface area (Å²) in [5.41, 5.74) is 1.06. The third-order valence-corrected chi connectivity index (χ3v) is 5.71. The van der Waals surface area contributed by atoms with Gasteiger partial charge in [0.25, 0.3) is 5.56 Å². The van der Waals surface area contributed by atoms with Crippen molar-refractivity contribution in [3.63, 3.8) is 0 Å².